The summed E-state index contributed by atoms with van der Waals surface area (Å²) in [4.78, 5) is 0. The summed E-state index contributed by atoms with van der Waals surface area (Å²) >= 11 is 0. The normalized spacial score (nSPS) is 40.0. The monoisotopic (exact) mass is 195 g/mol. The second kappa shape index (κ2) is 3.67. The van der Waals surface area contributed by atoms with Gasteiger partial charge in [0.1, 0.15) is 0 Å². The molecule has 2 N–H and O–H groups in total. The van der Waals surface area contributed by atoms with Crippen LogP contribution in [0.5, 0.6) is 0 Å². The van der Waals surface area contributed by atoms with E-state index < -0.39 is 0 Å². The Kier molecular flexibility index (Phi) is 2.67. The van der Waals surface area contributed by atoms with E-state index in [0.717, 1.165) is 13.0 Å². The van der Waals surface area contributed by atoms with Crippen molar-refractivity contribution in [3.8, 4) is 0 Å². The van der Waals surface area contributed by atoms with Crippen LogP contribution in [0.25, 0.3) is 0 Å². The van der Waals surface area contributed by atoms with Crippen molar-refractivity contribution in [2.24, 2.45) is 17.8 Å². The molecule has 0 radical (unpaired) electrons. The topological polar surface area (TPSA) is 32.3 Å². The SMILES string of the molecule is CC(C)CNC1(CO)CC2C=CC1C2. The molecular weight excluding hydrogens is 174 g/mol. The summed E-state index contributed by atoms with van der Waals surface area (Å²) in [5.74, 6) is 1.93. The summed E-state index contributed by atoms with van der Waals surface area (Å²) in [6.45, 7) is 5.71. The highest BCUT2D eigenvalue weighted by Crippen LogP contribution is 2.45. The second-order valence-electron chi connectivity index (χ2n) is 5.28. The molecule has 0 aromatic rings. The van der Waals surface area contributed by atoms with Gasteiger partial charge in [-0.1, -0.05) is 26.0 Å². The van der Waals surface area contributed by atoms with Crippen molar-refractivity contribution in [2.75, 3.05) is 13.2 Å². The molecule has 2 aliphatic rings. The third-order valence-electron chi connectivity index (χ3n) is 3.65. The maximum atomic E-state index is 9.56. The molecule has 0 spiro atoms. The first kappa shape index (κ1) is 10.2. The molecule has 2 aliphatic carbocycles. The number of nitrogens with one attached hydrogen (secondary N) is 1. The summed E-state index contributed by atoms with van der Waals surface area (Å²) in [5, 5.41) is 13.1. The van der Waals surface area contributed by atoms with Gasteiger partial charge in [0.25, 0.3) is 0 Å². The third kappa shape index (κ3) is 1.61. The first-order chi connectivity index (χ1) is 6.66. The largest absolute Gasteiger partial charge is 0.394 e. The number of hydrogen-bond donors (Lipinski definition) is 2. The number of fused-ring (bicyclic) bond motifs is 2. The minimum atomic E-state index is 0.00366. The molecule has 80 valence electrons. The summed E-state index contributed by atoms with van der Waals surface area (Å²) in [7, 11) is 0. The van der Waals surface area contributed by atoms with Crippen molar-refractivity contribution >= 4 is 0 Å². The van der Waals surface area contributed by atoms with Crippen LogP contribution in [0.3, 0.4) is 0 Å². The molecule has 2 heteroatoms. The lowest BCUT2D eigenvalue weighted by atomic mass is 9.85. The van der Waals surface area contributed by atoms with Crippen LogP contribution in [-0.2, 0) is 0 Å². The van der Waals surface area contributed by atoms with Crippen LogP contribution >= 0.6 is 0 Å². The lowest BCUT2D eigenvalue weighted by Crippen LogP contribution is -2.52. The average Bonchev–Trinajstić information content (AvgIpc) is 2.74. The highest BCUT2D eigenvalue weighted by Gasteiger charge is 2.47. The van der Waals surface area contributed by atoms with E-state index in [9.17, 15) is 5.11 Å². The van der Waals surface area contributed by atoms with Gasteiger partial charge in [-0.25, -0.2) is 0 Å². The Bertz CT molecular complexity index is 236. The van der Waals surface area contributed by atoms with E-state index in [1.165, 1.54) is 6.42 Å². The quantitative estimate of drug-likeness (QED) is 0.667. The molecule has 2 nitrogen and oxygen atoms in total. The summed E-state index contributed by atoms with van der Waals surface area (Å²) < 4.78 is 0. The smallest absolute Gasteiger partial charge is 0.0619 e. The average molecular weight is 195 g/mol. The molecule has 14 heavy (non-hydrogen) atoms. The molecule has 0 aromatic carbocycles. The third-order valence-corrected chi connectivity index (χ3v) is 3.65. The van der Waals surface area contributed by atoms with Crippen LogP contribution in [0, 0.1) is 17.8 Å². The molecule has 1 saturated carbocycles. The van der Waals surface area contributed by atoms with Gasteiger partial charge in [-0.2, -0.15) is 0 Å². The Labute approximate surface area is 86.4 Å². The molecule has 2 bridgehead atoms. The molecule has 3 atom stereocenters. The molecule has 0 saturated heterocycles. The van der Waals surface area contributed by atoms with Gasteiger partial charge < -0.3 is 10.4 Å². The van der Waals surface area contributed by atoms with Crippen molar-refractivity contribution in [3.05, 3.63) is 12.2 Å². The predicted molar refractivity (Wildman–Crippen MR) is 58.0 cm³/mol. The number of hydrogen-bond acceptors (Lipinski definition) is 2. The van der Waals surface area contributed by atoms with E-state index in [1.54, 1.807) is 0 Å². The van der Waals surface area contributed by atoms with E-state index in [0.29, 0.717) is 17.8 Å². The number of rotatable bonds is 4. The Morgan fingerprint density at radius 2 is 2.29 bits per heavy atom. The zero-order valence-electron chi connectivity index (χ0n) is 9.16. The second-order valence-corrected chi connectivity index (χ2v) is 5.28. The fourth-order valence-corrected chi connectivity index (χ4v) is 2.80. The first-order valence-corrected chi connectivity index (χ1v) is 5.70. The number of allylic oxidation sites excluding steroid dienone is 1. The minimum Gasteiger partial charge on any atom is -0.394 e. The Morgan fingerprint density at radius 3 is 2.71 bits per heavy atom. The van der Waals surface area contributed by atoms with E-state index in [-0.39, 0.29) is 12.1 Å². The highest BCUT2D eigenvalue weighted by molar-refractivity contribution is 5.19. The van der Waals surface area contributed by atoms with Gasteiger partial charge in [-0.3, -0.25) is 0 Å². The Morgan fingerprint density at radius 1 is 1.50 bits per heavy atom. The first-order valence-electron chi connectivity index (χ1n) is 5.70. The highest BCUT2D eigenvalue weighted by atomic mass is 16.3. The summed E-state index contributed by atoms with van der Waals surface area (Å²) in [6.07, 6.45) is 6.97. The van der Waals surface area contributed by atoms with E-state index in [2.05, 4.69) is 31.3 Å². The minimum absolute atomic E-state index is 0.00366. The molecule has 0 heterocycles. The van der Waals surface area contributed by atoms with Gasteiger partial charge in [0, 0.05) is 5.54 Å². The van der Waals surface area contributed by atoms with Crippen LogP contribution in [-0.4, -0.2) is 23.8 Å². The molecule has 3 unspecified atom stereocenters. The summed E-state index contributed by atoms with van der Waals surface area (Å²) in [6, 6.07) is 0. The molecule has 0 aromatic heterocycles. The molecule has 2 rings (SSSR count). The zero-order chi connectivity index (χ0) is 10.2. The van der Waals surface area contributed by atoms with Gasteiger partial charge in [-0.05, 0) is 37.1 Å². The van der Waals surface area contributed by atoms with Crippen LogP contribution in [0.2, 0.25) is 0 Å². The van der Waals surface area contributed by atoms with Crippen molar-refractivity contribution < 1.29 is 5.11 Å². The van der Waals surface area contributed by atoms with Crippen molar-refractivity contribution in [1.82, 2.24) is 5.32 Å². The fourth-order valence-electron chi connectivity index (χ4n) is 2.80. The predicted octanol–water partition coefficient (Wildman–Crippen LogP) is 1.56. The maximum Gasteiger partial charge on any atom is 0.0619 e. The van der Waals surface area contributed by atoms with E-state index in [4.69, 9.17) is 0 Å². The van der Waals surface area contributed by atoms with Gasteiger partial charge in [0.15, 0.2) is 0 Å². The van der Waals surface area contributed by atoms with Crippen LogP contribution < -0.4 is 5.32 Å². The van der Waals surface area contributed by atoms with Crippen molar-refractivity contribution in [2.45, 2.75) is 32.2 Å². The molecule has 0 amide bonds. The Hall–Kier alpha value is -0.340. The molecule has 0 aliphatic heterocycles. The van der Waals surface area contributed by atoms with E-state index in [1.807, 2.05) is 0 Å². The molecular formula is C12H21NO. The van der Waals surface area contributed by atoms with Crippen molar-refractivity contribution in [3.63, 3.8) is 0 Å². The number of aliphatic hydroxyl groups excluding tert-OH is 1. The lowest BCUT2D eigenvalue weighted by molar-refractivity contribution is 0.132. The zero-order valence-corrected chi connectivity index (χ0v) is 9.16. The van der Waals surface area contributed by atoms with Crippen LogP contribution in [0.1, 0.15) is 26.7 Å². The van der Waals surface area contributed by atoms with Gasteiger partial charge in [0.2, 0.25) is 0 Å². The standard InChI is InChI=1S/C12H21NO/c1-9(2)7-13-12(8-14)6-10-3-4-11(12)5-10/h3-4,9-11,13-14H,5-8H2,1-2H3. The van der Waals surface area contributed by atoms with Gasteiger partial charge in [-0.15, -0.1) is 0 Å². The van der Waals surface area contributed by atoms with Crippen LogP contribution in [0.15, 0.2) is 12.2 Å². The van der Waals surface area contributed by atoms with Gasteiger partial charge in [0.05, 0.1) is 6.61 Å². The fraction of sp³-hybridized carbons (Fsp3) is 0.833. The van der Waals surface area contributed by atoms with Gasteiger partial charge >= 0.3 is 0 Å². The maximum absolute atomic E-state index is 9.56. The summed E-state index contributed by atoms with van der Waals surface area (Å²) in [5.41, 5.74) is 0.00366. The van der Waals surface area contributed by atoms with E-state index >= 15 is 0 Å². The van der Waals surface area contributed by atoms with Crippen molar-refractivity contribution in [1.29, 1.82) is 0 Å². The lowest BCUT2D eigenvalue weighted by Gasteiger charge is -2.35. The number of aliphatic hydroxyl groups is 1. The Balaban J connectivity index is 2.01. The van der Waals surface area contributed by atoms with Crippen LogP contribution in [0.4, 0.5) is 0 Å². The molecule has 1 fully saturated rings.